The lowest BCUT2D eigenvalue weighted by molar-refractivity contribution is -0.123. The number of aromatic nitrogens is 2. The molecule has 4 N–H and O–H groups in total. The third kappa shape index (κ3) is 3.01. The van der Waals surface area contributed by atoms with Crippen molar-refractivity contribution in [1.29, 1.82) is 0 Å². The van der Waals surface area contributed by atoms with Crippen LogP contribution in [-0.4, -0.2) is 27.2 Å². The third-order valence-electron chi connectivity index (χ3n) is 5.98. The molecule has 2 heterocycles. The van der Waals surface area contributed by atoms with Gasteiger partial charge in [-0.15, -0.1) is 11.8 Å². The molecule has 0 radical (unpaired) electrons. The number of thioether (sulfide) groups is 1. The van der Waals surface area contributed by atoms with Crippen LogP contribution in [0, 0.1) is 23.6 Å². The Morgan fingerprint density at radius 3 is 3.07 bits per heavy atom. The van der Waals surface area contributed by atoms with Crippen LogP contribution in [0.25, 0.3) is 6.08 Å². The SMILES string of the molecule is NC(=O)[C@H]1[C@H]2C[C@H]3[C@H]1Nc1nc(ncc1F)Nc1cccc(c1)C=CS[C@@H]3C2. The van der Waals surface area contributed by atoms with Gasteiger partial charge in [-0.05, 0) is 53.9 Å². The first kappa shape index (κ1) is 17.5. The van der Waals surface area contributed by atoms with Gasteiger partial charge >= 0.3 is 0 Å². The summed E-state index contributed by atoms with van der Waals surface area (Å²) in [6.07, 6.45) is 5.10. The first-order chi connectivity index (χ1) is 13.6. The predicted molar refractivity (Wildman–Crippen MR) is 108 cm³/mol. The van der Waals surface area contributed by atoms with Crippen molar-refractivity contribution in [3.63, 3.8) is 0 Å². The summed E-state index contributed by atoms with van der Waals surface area (Å²) in [6.45, 7) is 0. The molecule has 0 saturated heterocycles. The van der Waals surface area contributed by atoms with Crippen molar-refractivity contribution in [1.82, 2.24) is 9.97 Å². The Morgan fingerprint density at radius 1 is 1.32 bits per heavy atom. The number of carbonyl (C=O) groups excluding carboxylic acids is 1. The van der Waals surface area contributed by atoms with E-state index in [9.17, 15) is 9.18 Å². The molecule has 2 aromatic rings. The van der Waals surface area contributed by atoms with E-state index in [2.05, 4.69) is 32.1 Å². The van der Waals surface area contributed by atoms with E-state index in [1.54, 1.807) is 11.8 Å². The first-order valence-electron chi connectivity index (χ1n) is 9.36. The molecule has 0 spiro atoms. The van der Waals surface area contributed by atoms with Crippen molar-refractivity contribution < 1.29 is 9.18 Å². The van der Waals surface area contributed by atoms with Crippen LogP contribution >= 0.6 is 11.8 Å². The van der Waals surface area contributed by atoms with Gasteiger partial charge in [0, 0.05) is 17.0 Å². The summed E-state index contributed by atoms with van der Waals surface area (Å²) < 4.78 is 14.4. The molecule has 5 atom stereocenters. The number of rotatable bonds is 1. The third-order valence-corrected chi connectivity index (χ3v) is 7.16. The number of hydrogen-bond acceptors (Lipinski definition) is 6. The number of primary amides is 1. The second-order valence-corrected chi connectivity index (χ2v) is 8.76. The Morgan fingerprint density at radius 2 is 2.21 bits per heavy atom. The Bertz CT molecular complexity index is 967. The van der Waals surface area contributed by atoms with E-state index >= 15 is 0 Å². The number of anilines is 3. The lowest BCUT2D eigenvalue weighted by atomic mass is 9.83. The van der Waals surface area contributed by atoms with Gasteiger partial charge in [0.15, 0.2) is 11.6 Å². The molecule has 2 aliphatic carbocycles. The van der Waals surface area contributed by atoms with Crippen LogP contribution in [0.15, 0.2) is 35.9 Å². The standard InChI is InChI=1S/C20H20FN5OS/c21-14-9-23-20-24-12-3-1-2-10(6-12)4-5-28-15-8-11-7-13(15)17(16(11)18(22)27)25-19(14)26-20/h1-6,9,11,13,15-17H,7-8H2,(H2,22,27)(H2,23,24,25,26)/t11-,13+,15+,16-,17+/m0/s1. The van der Waals surface area contributed by atoms with Crippen molar-refractivity contribution in [2.75, 3.05) is 10.6 Å². The molecule has 2 saturated carbocycles. The monoisotopic (exact) mass is 397 g/mol. The maximum Gasteiger partial charge on any atom is 0.229 e. The van der Waals surface area contributed by atoms with E-state index in [1.165, 1.54) is 0 Å². The summed E-state index contributed by atoms with van der Waals surface area (Å²) in [4.78, 5) is 20.5. The molecule has 144 valence electrons. The molecule has 8 heteroatoms. The van der Waals surface area contributed by atoms with Crippen LogP contribution in [0.1, 0.15) is 18.4 Å². The molecule has 28 heavy (non-hydrogen) atoms. The van der Waals surface area contributed by atoms with Gasteiger partial charge in [0.05, 0.1) is 12.1 Å². The van der Waals surface area contributed by atoms with Gasteiger partial charge in [-0.1, -0.05) is 12.1 Å². The number of fused-ring (bicyclic) bond motifs is 5. The van der Waals surface area contributed by atoms with Gasteiger partial charge in [-0.2, -0.15) is 4.98 Å². The highest BCUT2D eigenvalue weighted by molar-refractivity contribution is 8.02. The van der Waals surface area contributed by atoms with Crippen LogP contribution in [0.4, 0.5) is 21.8 Å². The second-order valence-electron chi connectivity index (χ2n) is 7.61. The predicted octanol–water partition coefficient (Wildman–Crippen LogP) is 3.37. The number of nitrogens with one attached hydrogen (secondary N) is 2. The van der Waals surface area contributed by atoms with Gasteiger partial charge in [0.2, 0.25) is 11.9 Å². The summed E-state index contributed by atoms with van der Waals surface area (Å²) in [7, 11) is 0. The highest BCUT2D eigenvalue weighted by Gasteiger charge is 2.55. The van der Waals surface area contributed by atoms with Gasteiger partial charge in [-0.25, -0.2) is 9.37 Å². The van der Waals surface area contributed by atoms with Gasteiger partial charge < -0.3 is 16.4 Å². The Labute approximate surface area is 166 Å². The molecule has 1 aromatic heterocycles. The largest absolute Gasteiger partial charge is 0.369 e. The van der Waals surface area contributed by atoms with Crippen molar-refractivity contribution in [2.24, 2.45) is 23.5 Å². The van der Waals surface area contributed by atoms with Gasteiger partial charge in [-0.3, -0.25) is 4.79 Å². The quantitative estimate of drug-likeness (QED) is 0.683. The average Bonchev–Trinajstić information content (AvgIpc) is 3.22. The lowest BCUT2D eigenvalue weighted by Gasteiger charge is -2.34. The maximum atomic E-state index is 14.4. The summed E-state index contributed by atoms with van der Waals surface area (Å²) in [5.41, 5.74) is 7.58. The molecule has 0 unspecified atom stereocenters. The fourth-order valence-corrected chi connectivity index (χ4v) is 6.10. The summed E-state index contributed by atoms with van der Waals surface area (Å²) in [5.74, 6) is -0.311. The fraction of sp³-hybridized carbons (Fsp3) is 0.350. The van der Waals surface area contributed by atoms with Crippen molar-refractivity contribution >= 4 is 41.2 Å². The Balaban J connectivity index is 1.57. The minimum atomic E-state index is -0.540. The molecule has 3 aliphatic rings. The van der Waals surface area contributed by atoms with E-state index in [0.29, 0.717) is 11.2 Å². The summed E-state index contributed by atoms with van der Waals surface area (Å²) in [6, 6.07) is 7.66. The number of benzene rings is 1. The summed E-state index contributed by atoms with van der Waals surface area (Å²) in [5, 5.41) is 8.79. The lowest BCUT2D eigenvalue weighted by Crippen LogP contribution is -2.46. The molecule has 1 aliphatic heterocycles. The van der Waals surface area contributed by atoms with Crippen LogP contribution in [0.3, 0.4) is 0 Å². The number of amides is 1. The second kappa shape index (κ2) is 6.77. The molecule has 2 fully saturated rings. The zero-order valence-electron chi connectivity index (χ0n) is 15.0. The highest BCUT2D eigenvalue weighted by atomic mass is 32.2. The topological polar surface area (TPSA) is 92.9 Å². The fourth-order valence-electron chi connectivity index (χ4n) is 4.82. The average molecular weight is 397 g/mol. The Hall–Kier alpha value is -2.61. The van der Waals surface area contributed by atoms with E-state index in [-0.39, 0.29) is 35.5 Å². The number of halogens is 1. The number of hydrogen-bond donors (Lipinski definition) is 3. The van der Waals surface area contributed by atoms with Gasteiger partial charge in [0.1, 0.15) is 0 Å². The number of nitrogens with two attached hydrogens (primary N) is 1. The molecule has 6 bridgehead atoms. The van der Waals surface area contributed by atoms with E-state index in [1.807, 2.05) is 24.3 Å². The zero-order chi connectivity index (χ0) is 19.3. The molecule has 1 aromatic carbocycles. The van der Waals surface area contributed by atoms with Crippen LogP contribution in [-0.2, 0) is 4.79 Å². The first-order valence-corrected chi connectivity index (χ1v) is 10.3. The molecular formula is C20H20FN5OS. The van der Waals surface area contributed by atoms with E-state index in [0.717, 1.165) is 30.3 Å². The minimum absolute atomic E-state index is 0.105. The van der Waals surface area contributed by atoms with Gasteiger partial charge in [0.25, 0.3) is 0 Å². The van der Waals surface area contributed by atoms with Crippen molar-refractivity contribution in [3.05, 3.63) is 47.3 Å². The highest BCUT2D eigenvalue weighted by Crippen LogP contribution is 2.53. The zero-order valence-corrected chi connectivity index (χ0v) is 15.8. The minimum Gasteiger partial charge on any atom is -0.369 e. The molecule has 5 rings (SSSR count). The molecule has 6 nitrogen and oxygen atoms in total. The normalized spacial score (nSPS) is 30.2. The molecule has 1 amide bonds. The van der Waals surface area contributed by atoms with Crippen LogP contribution < -0.4 is 16.4 Å². The maximum absolute atomic E-state index is 14.4. The number of carbonyl (C=O) groups is 1. The molecular weight excluding hydrogens is 377 g/mol. The Kier molecular flexibility index (Phi) is 4.23. The van der Waals surface area contributed by atoms with Crippen molar-refractivity contribution in [3.8, 4) is 0 Å². The smallest absolute Gasteiger partial charge is 0.229 e. The van der Waals surface area contributed by atoms with Crippen molar-refractivity contribution in [2.45, 2.75) is 24.1 Å². The van der Waals surface area contributed by atoms with E-state index in [4.69, 9.17) is 5.73 Å². The van der Waals surface area contributed by atoms with E-state index < -0.39 is 5.82 Å². The summed E-state index contributed by atoms with van der Waals surface area (Å²) >= 11 is 1.78. The van der Waals surface area contributed by atoms with Crippen LogP contribution in [0.2, 0.25) is 0 Å². The number of nitrogens with zero attached hydrogens (tertiary/aromatic N) is 2. The van der Waals surface area contributed by atoms with Crippen LogP contribution in [0.5, 0.6) is 0 Å².